The van der Waals surface area contributed by atoms with Crippen molar-refractivity contribution in [1.29, 1.82) is 0 Å². The Bertz CT molecular complexity index is 1260. The number of aromatic nitrogens is 1. The van der Waals surface area contributed by atoms with Gasteiger partial charge in [0.25, 0.3) is 5.56 Å². The summed E-state index contributed by atoms with van der Waals surface area (Å²) in [6.07, 6.45) is 7.55. The van der Waals surface area contributed by atoms with Crippen LogP contribution in [0, 0.1) is 5.82 Å². The van der Waals surface area contributed by atoms with E-state index in [0.717, 1.165) is 63.2 Å². The van der Waals surface area contributed by atoms with Crippen molar-refractivity contribution in [3.05, 3.63) is 64.8 Å². The van der Waals surface area contributed by atoms with E-state index in [1.807, 2.05) is 30.3 Å². The maximum absolute atomic E-state index is 15.2. The summed E-state index contributed by atoms with van der Waals surface area (Å²) >= 11 is 0. The minimum Gasteiger partial charge on any atom is -0.491 e. The molecule has 0 saturated carbocycles. The zero-order valence-electron chi connectivity index (χ0n) is 20.0. The second-order valence-corrected chi connectivity index (χ2v) is 9.95. The van der Waals surface area contributed by atoms with Crippen LogP contribution in [-0.2, 0) is 4.74 Å². The number of benzene rings is 2. The smallest absolute Gasteiger partial charge is 0.262 e. The molecule has 3 aliphatic heterocycles. The Morgan fingerprint density at radius 3 is 2.69 bits per heavy atom. The van der Waals surface area contributed by atoms with Gasteiger partial charge >= 0.3 is 0 Å². The molecule has 4 heterocycles. The highest BCUT2D eigenvalue weighted by Gasteiger charge is 2.30. The lowest BCUT2D eigenvalue weighted by Crippen LogP contribution is -2.35. The highest BCUT2D eigenvalue weighted by Crippen LogP contribution is 2.29. The first-order chi connectivity index (χ1) is 17.2. The third-order valence-electron chi connectivity index (χ3n) is 7.71. The molecule has 2 atom stereocenters. The molecule has 184 valence electrons. The predicted octanol–water partition coefficient (Wildman–Crippen LogP) is 4.36. The van der Waals surface area contributed by atoms with E-state index < -0.39 is 0 Å². The Hall–Kier alpha value is -2.90. The Kier molecular flexibility index (Phi) is 6.20. The molecule has 3 fully saturated rings. The van der Waals surface area contributed by atoms with Gasteiger partial charge in [0.05, 0.1) is 17.5 Å². The lowest BCUT2D eigenvalue weighted by molar-refractivity contribution is 0.0680. The van der Waals surface area contributed by atoms with Crippen LogP contribution >= 0.6 is 0 Å². The first-order valence-electron chi connectivity index (χ1n) is 12.8. The lowest BCUT2D eigenvalue weighted by atomic mass is 10.1. The summed E-state index contributed by atoms with van der Waals surface area (Å²) in [5.41, 5.74) is 0.986. The van der Waals surface area contributed by atoms with E-state index in [0.29, 0.717) is 29.4 Å². The number of fused-ring (bicyclic) bond motifs is 1. The van der Waals surface area contributed by atoms with E-state index in [-0.39, 0.29) is 17.5 Å². The zero-order chi connectivity index (χ0) is 23.8. The summed E-state index contributed by atoms with van der Waals surface area (Å²) < 4.78 is 28.2. The Morgan fingerprint density at radius 1 is 1.00 bits per heavy atom. The highest BCUT2D eigenvalue weighted by molar-refractivity contribution is 5.83. The number of likely N-dealkylation sites (tertiary alicyclic amines) is 1. The van der Waals surface area contributed by atoms with Crippen molar-refractivity contribution in [2.24, 2.45) is 0 Å². The average molecular weight is 478 g/mol. The number of ether oxygens (including phenoxy) is 2. The van der Waals surface area contributed by atoms with E-state index in [1.54, 1.807) is 12.3 Å². The fourth-order valence-electron chi connectivity index (χ4n) is 5.75. The number of halogens is 1. The maximum atomic E-state index is 15.2. The van der Waals surface area contributed by atoms with Gasteiger partial charge in [-0.1, -0.05) is 0 Å². The quantitative estimate of drug-likeness (QED) is 0.528. The van der Waals surface area contributed by atoms with Crippen molar-refractivity contribution in [2.75, 3.05) is 44.3 Å². The second kappa shape index (κ2) is 9.63. The Labute approximate surface area is 204 Å². The zero-order valence-corrected chi connectivity index (χ0v) is 20.0. The summed E-state index contributed by atoms with van der Waals surface area (Å²) in [5.74, 6) is 0.438. The fourth-order valence-corrected chi connectivity index (χ4v) is 5.75. The molecule has 1 aromatic heterocycles. The molecule has 3 aromatic rings. The van der Waals surface area contributed by atoms with Gasteiger partial charge in [0, 0.05) is 43.4 Å². The third-order valence-corrected chi connectivity index (χ3v) is 7.71. The van der Waals surface area contributed by atoms with Crippen LogP contribution < -0.4 is 15.2 Å². The summed E-state index contributed by atoms with van der Waals surface area (Å²) in [7, 11) is 0. The molecule has 7 heteroatoms. The minimum absolute atomic E-state index is 0.142. The monoisotopic (exact) mass is 477 g/mol. The molecule has 0 aliphatic carbocycles. The van der Waals surface area contributed by atoms with E-state index >= 15 is 4.39 Å². The normalized spacial score (nSPS) is 22.9. The van der Waals surface area contributed by atoms with Crippen molar-refractivity contribution >= 4 is 16.5 Å². The number of nitrogens with zero attached hydrogens (tertiary/aromatic N) is 3. The molecule has 35 heavy (non-hydrogen) atoms. The molecule has 0 N–H and O–H groups in total. The second-order valence-electron chi connectivity index (χ2n) is 9.95. The molecule has 6 nitrogen and oxygen atoms in total. The largest absolute Gasteiger partial charge is 0.491 e. The van der Waals surface area contributed by atoms with Gasteiger partial charge in [-0.25, -0.2) is 4.39 Å². The van der Waals surface area contributed by atoms with Crippen molar-refractivity contribution in [2.45, 2.75) is 44.2 Å². The molecule has 3 aliphatic rings. The fraction of sp³-hybridized carbons (Fsp3) is 0.464. The van der Waals surface area contributed by atoms with Gasteiger partial charge in [0.2, 0.25) is 0 Å². The molecule has 0 bridgehead atoms. The number of rotatable bonds is 6. The standard InChI is InChI=1S/C28H32FN3O3/c29-26-17-21(5-8-27(26)31-13-10-22(18-31)30-11-1-2-12-30)32-14-9-20-16-23(6-7-25(20)28(32)33)35-19-24-4-3-15-34-24/h5-9,14,16-17,22,24H,1-4,10-13,15,18-19H2/t22-,24?/m1/s1. The van der Waals surface area contributed by atoms with E-state index in [9.17, 15) is 4.79 Å². The number of hydrogen-bond donors (Lipinski definition) is 0. The van der Waals surface area contributed by atoms with Crippen LogP contribution in [0.3, 0.4) is 0 Å². The van der Waals surface area contributed by atoms with Crippen molar-refractivity contribution in [3.63, 3.8) is 0 Å². The molecular weight excluding hydrogens is 445 g/mol. The molecular formula is C28H32FN3O3. The van der Waals surface area contributed by atoms with Crippen molar-refractivity contribution in [3.8, 4) is 11.4 Å². The van der Waals surface area contributed by atoms with Gasteiger partial charge in [0.1, 0.15) is 18.2 Å². The average Bonchev–Trinajstić information content (AvgIpc) is 3.66. The van der Waals surface area contributed by atoms with Crippen LogP contribution in [0.1, 0.15) is 32.1 Å². The van der Waals surface area contributed by atoms with Gasteiger partial charge in [-0.05, 0) is 87.0 Å². The Balaban J connectivity index is 1.20. The summed E-state index contributed by atoms with van der Waals surface area (Å²) in [4.78, 5) is 17.9. The van der Waals surface area contributed by atoms with Crippen LogP contribution in [0.15, 0.2) is 53.5 Å². The van der Waals surface area contributed by atoms with Crippen LogP contribution in [-0.4, -0.2) is 61.0 Å². The first kappa shape index (κ1) is 22.6. The molecule has 0 amide bonds. The van der Waals surface area contributed by atoms with Gasteiger partial charge in [-0.3, -0.25) is 14.3 Å². The van der Waals surface area contributed by atoms with Gasteiger partial charge < -0.3 is 14.4 Å². The SMILES string of the molecule is O=c1c2ccc(OCC3CCCO3)cc2ccn1-c1ccc(N2CC[C@@H](N3CCCC3)C2)c(F)c1. The predicted molar refractivity (Wildman–Crippen MR) is 135 cm³/mol. The van der Waals surface area contributed by atoms with Crippen LogP contribution in [0.2, 0.25) is 0 Å². The van der Waals surface area contributed by atoms with Gasteiger partial charge in [-0.15, -0.1) is 0 Å². The number of pyridine rings is 1. The van der Waals surface area contributed by atoms with E-state index in [2.05, 4.69) is 9.80 Å². The Morgan fingerprint density at radius 2 is 1.89 bits per heavy atom. The van der Waals surface area contributed by atoms with Crippen molar-refractivity contribution < 1.29 is 13.9 Å². The molecule has 0 spiro atoms. The van der Waals surface area contributed by atoms with Gasteiger partial charge in [-0.2, -0.15) is 0 Å². The molecule has 3 saturated heterocycles. The number of anilines is 1. The minimum atomic E-state index is -0.283. The highest BCUT2D eigenvalue weighted by atomic mass is 19.1. The van der Waals surface area contributed by atoms with Crippen LogP contribution in [0.5, 0.6) is 5.75 Å². The topological polar surface area (TPSA) is 46.9 Å². The lowest BCUT2D eigenvalue weighted by Gasteiger charge is -2.25. The third kappa shape index (κ3) is 4.55. The molecule has 0 radical (unpaired) electrons. The first-order valence-corrected chi connectivity index (χ1v) is 12.8. The summed E-state index contributed by atoms with van der Waals surface area (Å²) in [6.45, 7) is 5.36. The van der Waals surface area contributed by atoms with Crippen LogP contribution in [0.25, 0.3) is 16.5 Å². The summed E-state index contributed by atoms with van der Waals surface area (Å²) in [5, 5.41) is 1.38. The molecule has 6 rings (SSSR count). The van der Waals surface area contributed by atoms with E-state index in [4.69, 9.17) is 9.47 Å². The van der Waals surface area contributed by atoms with E-state index in [1.165, 1.54) is 23.5 Å². The number of hydrogen-bond acceptors (Lipinski definition) is 5. The maximum Gasteiger partial charge on any atom is 0.262 e. The molecule has 1 unspecified atom stereocenters. The van der Waals surface area contributed by atoms with Gasteiger partial charge in [0.15, 0.2) is 0 Å². The summed E-state index contributed by atoms with van der Waals surface area (Å²) in [6, 6.07) is 13.0. The molecule has 2 aromatic carbocycles. The van der Waals surface area contributed by atoms with Crippen LogP contribution in [0.4, 0.5) is 10.1 Å². The van der Waals surface area contributed by atoms with Crippen molar-refractivity contribution in [1.82, 2.24) is 9.47 Å².